The van der Waals surface area contributed by atoms with Crippen LogP contribution in [0.2, 0.25) is 0 Å². The molecule has 2 aliphatic rings. The van der Waals surface area contributed by atoms with E-state index in [2.05, 4.69) is 0 Å². The molecule has 0 amide bonds. The van der Waals surface area contributed by atoms with Crippen molar-refractivity contribution in [3.63, 3.8) is 0 Å². The van der Waals surface area contributed by atoms with Crippen molar-refractivity contribution >= 4 is 6.98 Å². The summed E-state index contributed by atoms with van der Waals surface area (Å²) < 4.78 is 36.1. The second-order valence-electron chi connectivity index (χ2n) is 4.45. The van der Waals surface area contributed by atoms with Crippen molar-refractivity contribution in [1.29, 1.82) is 0 Å². The van der Waals surface area contributed by atoms with E-state index in [0.29, 0.717) is 29.8 Å². The summed E-state index contributed by atoms with van der Waals surface area (Å²) in [5.41, 5.74) is 1.11. The fraction of sp³-hybridized carbons (Fsp3) is 0.778. The third-order valence-electron chi connectivity index (χ3n) is 3.33. The molecular formula is C9H13BF3K. The van der Waals surface area contributed by atoms with Crippen LogP contribution >= 0.6 is 0 Å². The molecule has 0 aliphatic heterocycles. The minimum atomic E-state index is -4.70. The van der Waals surface area contributed by atoms with Gasteiger partial charge in [0, 0.05) is 0 Å². The summed E-state index contributed by atoms with van der Waals surface area (Å²) in [6.45, 7) is -4.70. The van der Waals surface area contributed by atoms with Gasteiger partial charge in [-0.3, -0.25) is 0 Å². The van der Waals surface area contributed by atoms with Crippen molar-refractivity contribution in [1.82, 2.24) is 0 Å². The fourth-order valence-electron chi connectivity index (χ4n) is 2.21. The van der Waals surface area contributed by atoms with Gasteiger partial charge in [0.1, 0.15) is 0 Å². The molecule has 0 aromatic rings. The summed E-state index contributed by atoms with van der Waals surface area (Å²) >= 11 is 0. The predicted molar refractivity (Wildman–Crippen MR) is 47.3 cm³/mol. The zero-order valence-electron chi connectivity index (χ0n) is 8.53. The average Bonchev–Trinajstić information content (AvgIpc) is 2.73. The maximum atomic E-state index is 12.0. The van der Waals surface area contributed by atoms with E-state index in [1.807, 2.05) is 0 Å². The van der Waals surface area contributed by atoms with Crippen molar-refractivity contribution in [3.05, 3.63) is 11.5 Å². The Morgan fingerprint density at radius 2 is 1.50 bits per heavy atom. The quantitative estimate of drug-likeness (QED) is 0.578. The number of hydrogen-bond acceptors (Lipinski definition) is 0. The topological polar surface area (TPSA) is 0 Å². The van der Waals surface area contributed by atoms with Gasteiger partial charge in [-0.15, -0.1) is 11.5 Å². The van der Waals surface area contributed by atoms with Crippen LogP contribution in [0.15, 0.2) is 11.5 Å². The number of allylic oxidation sites excluding steroid dienone is 1. The Hall–Kier alpha value is 1.23. The van der Waals surface area contributed by atoms with Gasteiger partial charge in [-0.2, -0.15) is 0 Å². The SMILES string of the molecule is F[B-](F)(F)C=C1CCC2(CC1)CC2.[K+]. The van der Waals surface area contributed by atoms with Crippen LogP contribution in [0.4, 0.5) is 12.9 Å². The zero-order chi connectivity index (χ0) is 9.53. The van der Waals surface area contributed by atoms with E-state index in [1.54, 1.807) is 0 Å². The first-order valence-electron chi connectivity index (χ1n) is 4.90. The summed E-state index contributed by atoms with van der Waals surface area (Å²) in [5, 5.41) is 0. The third-order valence-corrected chi connectivity index (χ3v) is 3.33. The van der Waals surface area contributed by atoms with Crippen LogP contribution in [0, 0.1) is 5.41 Å². The van der Waals surface area contributed by atoms with Crippen LogP contribution < -0.4 is 51.4 Å². The average molecular weight is 228 g/mol. The minimum Gasteiger partial charge on any atom is -0.445 e. The van der Waals surface area contributed by atoms with Crippen LogP contribution in [0.1, 0.15) is 38.5 Å². The molecule has 74 valence electrons. The Labute approximate surface area is 125 Å². The summed E-state index contributed by atoms with van der Waals surface area (Å²) in [4.78, 5) is 0. The molecular weight excluding hydrogens is 215 g/mol. The van der Waals surface area contributed by atoms with Gasteiger partial charge in [0.05, 0.1) is 0 Å². The van der Waals surface area contributed by atoms with Crippen LogP contribution in [-0.2, 0) is 0 Å². The van der Waals surface area contributed by atoms with E-state index >= 15 is 0 Å². The van der Waals surface area contributed by atoms with Crippen molar-refractivity contribution in [2.75, 3.05) is 0 Å². The Bertz CT molecular complexity index is 231. The Morgan fingerprint density at radius 1 is 1.00 bits per heavy atom. The molecule has 2 fully saturated rings. The molecule has 0 saturated heterocycles. The van der Waals surface area contributed by atoms with E-state index in [-0.39, 0.29) is 51.4 Å². The molecule has 0 aromatic heterocycles. The fourth-order valence-corrected chi connectivity index (χ4v) is 2.21. The van der Waals surface area contributed by atoms with E-state index in [1.165, 1.54) is 12.8 Å². The molecule has 0 heterocycles. The summed E-state index contributed by atoms with van der Waals surface area (Å²) in [6.07, 6.45) is 5.84. The monoisotopic (exact) mass is 228 g/mol. The second-order valence-corrected chi connectivity index (χ2v) is 4.45. The van der Waals surface area contributed by atoms with Crippen molar-refractivity contribution < 1.29 is 64.3 Å². The van der Waals surface area contributed by atoms with Crippen molar-refractivity contribution in [2.45, 2.75) is 38.5 Å². The molecule has 0 unspecified atom stereocenters. The first-order chi connectivity index (χ1) is 5.99. The van der Waals surface area contributed by atoms with E-state index in [4.69, 9.17) is 0 Å². The number of hydrogen-bond donors (Lipinski definition) is 0. The van der Waals surface area contributed by atoms with Gasteiger partial charge in [-0.05, 0) is 43.9 Å². The van der Waals surface area contributed by atoms with Crippen LogP contribution in [0.25, 0.3) is 0 Å². The van der Waals surface area contributed by atoms with Crippen molar-refractivity contribution in [2.24, 2.45) is 5.41 Å². The molecule has 0 radical (unpaired) electrons. The summed E-state index contributed by atoms with van der Waals surface area (Å²) in [6, 6.07) is 0. The van der Waals surface area contributed by atoms with Gasteiger partial charge in [0.2, 0.25) is 0 Å². The number of rotatable bonds is 1. The third kappa shape index (κ3) is 3.67. The normalized spacial score (nSPS) is 24.4. The first kappa shape index (κ1) is 13.3. The number of halogens is 3. The van der Waals surface area contributed by atoms with Gasteiger partial charge < -0.3 is 12.9 Å². The molecule has 0 N–H and O–H groups in total. The molecule has 2 saturated carbocycles. The molecule has 0 nitrogen and oxygen atoms in total. The molecule has 0 bridgehead atoms. The zero-order valence-corrected chi connectivity index (χ0v) is 11.7. The van der Waals surface area contributed by atoms with E-state index in [9.17, 15) is 12.9 Å². The van der Waals surface area contributed by atoms with Crippen molar-refractivity contribution in [3.8, 4) is 0 Å². The Balaban J connectivity index is 0.000000980. The minimum absolute atomic E-state index is 0. The molecule has 0 atom stereocenters. The molecule has 0 aromatic carbocycles. The van der Waals surface area contributed by atoms with Gasteiger partial charge in [-0.25, -0.2) is 0 Å². The molecule has 5 heteroatoms. The predicted octanol–water partition coefficient (Wildman–Crippen LogP) is 0.658. The van der Waals surface area contributed by atoms with Gasteiger partial charge >= 0.3 is 58.4 Å². The van der Waals surface area contributed by atoms with Gasteiger partial charge in [0.25, 0.3) is 0 Å². The van der Waals surface area contributed by atoms with E-state index < -0.39 is 6.98 Å². The van der Waals surface area contributed by atoms with Gasteiger partial charge in [-0.1, -0.05) is 0 Å². The largest absolute Gasteiger partial charge is 1.00 e. The van der Waals surface area contributed by atoms with E-state index in [0.717, 1.165) is 12.8 Å². The standard InChI is InChI=1S/C9H13BF3.K/c11-10(12,13)7-8-1-3-9(4-2-8)5-6-9;/h7H,1-6H2;/q-1;+1. The maximum absolute atomic E-state index is 12.0. The molecule has 14 heavy (non-hydrogen) atoms. The Kier molecular flexibility index (Phi) is 4.38. The Morgan fingerprint density at radius 3 is 1.86 bits per heavy atom. The molecule has 2 rings (SSSR count). The maximum Gasteiger partial charge on any atom is 1.00 e. The second kappa shape index (κ2) is 4.62. The van der Waals surface area contributed by atoms with Gasteiger partial charge in [0.15, 0.2) is 0 Å². The smallest absolute Gasteiger partial charge is 0.445 e. The van der Waals surface area contributed by atoms with Crippen LogP contribution in [0.5, 0.6) is 0 Å². The molecule has 1 spiro atoms. The molecule has 2 aliphatic carbocycles. The first-order valence-corrected chi connectivity index (χ1v) is 4.90. The van der Waals surface area contributed by atoms with Crippen LogP contribution in [0.3, 0.4) is 0 Å². The summed E-state index contributed by atoms with van der Waals surface area (Å²) in [5.74, 6) is 0.565. The summed E-state index contributed by atoms with van der Waals surface area (Å²) in [7, 11) is 0. The van der Waals surface area contributed by atoms with Crippen LogP contribution in [-0.4, -0.2) is 6.98 Å².